The van der Waals surface area contributed by atoms with Crippen molar-refractivity contribution < 1.29 is 23.6 Å². The maximum absolute atomic E-state index is 13.2. The second-order valence-electron chi connectivity index (χ2n) is 5.74. The number of allylic oxidation sites excluding steroid dienone is 2. The predicted molar refractivity (Wildman–Crippen MR) is 95.0 cm³/mol. The van der Waals surface area contributed by atoms with Crippen molar-refractivity contribution in [1.29, 1.82) is 0 Å². The van der Waals surface area contributed by atoms with Gasteiger partial charge in [-0.25, -0.2) is 10.2 Å². The molecular formula is C16H31N2O5P. The van der Waals surface area contributed by atoms with E-state index in [-0.39, 0.29) is 19.4 Å². The Morgan fingerprint density at radius 2 is 1.42 bits per heavy atom. The molecule has 8 heteroatoms. The van der Waals surface area contributed by atoms with Crippen LogP contribution < -0.4 is 10.2 Å². The number of nitrogens with one attached hydrogen (secondary N) is 2. The molecule has 140 valence electrons. The summed E-state index contributed by atoms with van der Waals surface area (Å²) >= 11 is 0. The first-order valence-corrected chi connectivity index (χ1v) is 10.2. The van der Waals surface area contributed by atoms with Gasteiger partial charge in [-0.15, -0.1) is 0 Å². The third-order valence-corrected chi connectivity index (χ3v) is 5.58. The molecule has 0 rings (SSSR count). The largest absolute Gasteiger partial charge is 0.465 e. The van der Waals surface area contributed by atoms with Gasteiger partial charge in [0.05, 0.1) is 13.2 Å². The molecule has 24 heavy (non-hydrogen) atoms. The highest BCUT2D eigenvalue weighted by molar-refractivity contribution is 7.59. The summed E-state index contributed by atoms with van der Waals surface area (Å²) < 4.78 is 23.0. The standard InChI is InChI=1S/C16H31N2O5P/c1-7-22-15(19)13(5)17-24(21,11-9-10-12(3)4)18-14(6)16(20)23-8-2/h10,13-14H,7-9,11H2,1-6H3,(H2,17,18,21)/t13-,14-/m0/s1. The van der Waals surface area contributed by atoms with Crippen LogP contribution in [0.5, 0.6) is 0 Å². The monoisotopic (exact) mass is 362 g/mol. The number of carbonyl (C=O) groups excluding carboxylic acids is 2. The summed E-state index contributed by atoms with van der Waals surface area (Å²) in [6.07, 6.45) is 2.79. The van der Waals surface area contributed by atoms with Crippen LogP contribution in [0.3, 0.4) is 0 Å². The Morgan fingerprint density at radius 3 is 1.75 bits per heavy atom. The van der Waals surface area contributed by atoms with Crippen LogP contribution >= 0.6 is 7.44 Å². The highest BCUT2D eigenvalue weighted by atomic mass is 31.2. The number of esters is 2. The van der Waals surface area contributed by atoms with Crippen molar-refractivity contribution in [3.8, 4) is 0 Å². The van der Waals surface area contributed by atoms with Crippen LogP contribution in [0.25, 0.3) is 0 Å². The number of rotatable bonds is 11. The minimum absolute atomic E-state index is 0.250. The van der Waals surface area contributed by atoms with Crippen LogP contribution in [-0.4, -0.2) is 43.4 Å². The van der Waals surface area contributed by atoms with Crippen LogP contribution in [0.4, 0.5) is 0 Å². The molecule has 0 unspecified atom stereocenters. The lowest BCUT2D eigenvalue weighted by molar-refractivity contribution is -0.145. The van der Waals surface area contributed by atoms with Gasteiger partial charge < -0.3 is 9.47 Å². The molecule has 0 aromatic carbocycles. The minimum Gasteiger partial charge on any atom is -0.465 e. The molecule has 0 spiro atoms. The van der Waals surface area contributed by atoms with E-state index in [0.29, 0.717) is 6.42 Å². The lowest BCUT2D eigenvalue weighted by Crippen LogP contribution is -2.42. The fourth-order valence-electron chi connectivity index (χ4n) is 1.97. The summed E-state index contributed by atoms with van der Waals surface area (Å²) in [7, 11) is -3.19. The van der Waals surface area contributed by atoms with Crippen LogP contribution in [0, 0.1) is 0 Å². The predicted octanol–water partition coefficient (Wildman–Crippen LogP) is 2.62. The molecule has 0 heterocycles. The van der Waals surface area contributed by atoms with Crippen LogP contribution in [0.15, 0.2) is 11.6 Å². The molecule has 0 saturated carbocycles. The van der Waals surface area contributed by atoms with Crippen LogP contribution in [0.2, 0.25) is 0 Å². The quantitative estimate of drug-likeness (QED) is 0.331. The lowest BCUT2D eigenvalue weighted by atomic mass is 10.3. The van der Waals surface area contributed by atoms with Crippen molar-refractivity contribution in [3.63, 3.8) is 0 Å². The van der Waals surface area contributed by atoms with E-state index in [1.54, 1.807) is 27.7 Å². The molecule has 0 aromatic heterocycles. The summed E-state index contributed by atoms with van der Waals surface area (Å²) in [5, 5.41) is 5.62. The Kier molecular flexibility index (Phi) is 10.8. The number of ether oxygens (including phenoxy) is 2. The van der Waals surface area contributed by atoms with E-state index >= 15 is 0 Å². The Morgan fingerprint density at radius 1 is 1.00 bits per heavy atom. The van der Waals surface area contributed by atoms with Gasteiger partial charge in [0.1, 0.15) is 12.1 Å². The summed E-state index contributed by atoms with van der Waals surface area (Å²) in [6.45, 7) is 11.0. The molecule has 2 atom stereocenters. The summed E-state index contributed by atoms with van der Waals surface area (Å²) in [5.74, 6) is -0.962. The van der Waals surface area contributed by atoms with Gasteiger partial charge in [0.2, 0.25) is 7.44 Å². The number of hydrogen-bond donors (Lipinski definition) is 2. The van der Waals surface area contributed by atoms with Crippen molar-refractivity contribution in [3.05, 3.63) is 11.6 Å². The van der Waals surface area contributed by atoms with Crippen molar-refractivity contribution in [2.24, 2.45) is 0 Å². The minimum atomic E-state index is -3.19. The normalized spacial score (nSPS) is 13.8. The number of hydrogen-bond acceptors (Lipinski definition) is 5. The van der Waals surface area contributed by atoms with Gasteiger partial charge in [0, 0.05) is 6.16 Å². The van der Waals surface area contributed by atoms with E-state index < -0.39 is 31.5 Å². The zero-order valence-electron chi connectivity index (χ0n) is 15.5. The maximum Gasteiger partial charge on any atom is 0.323 e. The van der Waals surface area contributed by atoms with Gasteiger partial charge in [-0.05, 0) is 48.0 Å². The SMILES string of the molecule is CCOC(=O)[C@H](C)NP(=O)(CCC=C(C)C)N[C@@H](C)C(=O)OCC. The summed E-state index contributed by atoms with van der Waals surface area (Å²) in [5.41, 5.74) is 1.11. The number of carbonyl (C=O) groups is 2. The average Bonchev–Trinajstić information content (AvgIpc) is 2.46. The zero-order chi connectivity index (χ0) is 18.8. The Bertz CT molecular complexity index is 459. The first-order chi connectivity index (χ1) is 11.1. The van der Waals surface area contributed by atoms with E-state index in [1.807, 2.05) is 19.9 Å². The van der Waals surface area contributed by atoms with Crippen LogP contribution in [-0.2, 0) is 23.6 Å². The second kappa shape index (κ2) is 11.4. The highest BCUT2D eigenvalue weighted by Gasteiger charge is 2.31. The first kappa shape index (κ1) is 22.8. The average molecular weight is 362 g/mol. The van der Waals surface area contributed by atoms with E-state index in [0.717, 1.165) is 5.57 Å². The van der Waals surface area contributed by atoms with Gasteiger partial charge in [-0.1, -0.05) is 11.6 Å². The first-order valence-electron chi connectivity index (χ1n) is 8.26. The lowest BCUT2D eigenvalue weighted by Gasteiger charge is -2.26. The fourth-order valence-corrected chi connectivity index (χ4v) is 4.25. The highest BCUT2D eigenvalue weighted by Crippen LogP contribution is 2.38. The second-order valence-corrected chi connectivity index (χ2v) is 8.18. The van der Waals surface area contributed by atoms with Crippen molar-refractivity contribution in [2.75, 3.05) is 19.4 Å². The Hall–Kier alpha value is -1.17. The van der Waals surface area contributed by atoms with Gasteiger partial charge >= 0.3 is 11.9 Å². The Labute approximate surface area is 145 Å². The smallest absolute Gasteiger partial charge is 0.323 e. The van der Waals surface area contributed by atoms with Gasteiger partial charge in [-0.3, -0.25) is 14.2 Å². The summed E-state index contributed by atoms with van der Waals surface area (Å²) in [6, 6.07) is -1.49. The van der Waals surface area contributed by atoms with Gasteiger partial charge in [0.15, 0.2) is 0 Å². The van der Waals surface area contributed by atoms with E-state index in [9.17, 15) is 14.2 Å². The molecule has 0 aromatic rings. The van der Waals surface area contributed by atoms with Crippen molar-refractivity contribution in [2.45, 2.75) is 60.0 Å². The van der Waals surface area contributed by atoms with E-state index in [1.165, 1.54) is 0 Å². The maximum atomic E-state index is 13.2. The van der Waals surface area contributed by atoms with Crippen molar-refractivity contribution in [1.82, 2.24) is 10.2 Å². The Balaban J connectivity index is 5.06. The molecule has 0 fully saturated rings. The topological polar surface area (TPSA) is 93.7 Å². The molecule has 0 aliphatic rings. The molecule has 0 aliphatic heterocycles. The van der Waals surface area contributed by atoms with Crippen LogP contribution in [0.1, 0.15) is 48.0 Å². The third kappa shape index (κ3) is 9.21. The molecule has 7 nitrogen and oxygen atoms in total. The zero-order valence-corrected chi connectivity index (χ0v) is 16.4. The van der Waals surface area contributed by atoms with Gasteiger partial charge in [0.25, 0.3) is 0 Å². The molecule has 0 saturated heterocycles. The van der Waals surface area contributed by atoms with Gasteiger partial charge in [-0.2, -0.15) is 0 Å². The van der Waals surface area contributed by atoms with E-state index in [4.69, 9.17) is 9.47 Å². The molecule has 0 amide bonds. The van der Waals surface area contributed by atoms with E-state index in [2.05, 4.69) is 10.2 Å². The molecular weight excluding hydrogens is 331 g/mol. The fraction of sp³-hybridized carbons (Fsp3) is 0.750. The third-order valence-electron chi connectivity index (χ3n) is 3.08. The molecule has 0 radical (unpaired) electrons. The summed E-state index contributed by atoms with van der Waals surface area (Å²) in [4.78, 5) is 23.6. The molecule has 0 bridgehead atoms. The molecule has 2 N–H and O–H groups in total. The van der Waals surface area contributed by atoms with Crippen molar-refractivity contribution >= 4 is 19.4 Å². The molecule has 0 aliphatic carbocycles.